The molecule has 10 aromatic rings. The van der Waals surface area contributed by atoms with E-state index in [0.717, 1.165) is 5.69 Å². The van der Waals surface area contributed by atoms with E-state index >= 15 is 0 Å². The lowest BCUT2D eigenvalue weighted by Gasteiger charge is -2.14. The molecule has 0 saturated carbocycles. The second-order valence-corrected chi connectivity index (χ2v) is 12.9. The van der Waals surface area contributed by atoms with Crippen molar-refractivity contribution in [1.82, 2.24) is 4.57 Å². The predicted molar refractivity (Wildman–Crippen MR) is 210 cm³/mol. The fraction of sp³-hybridized carbons (Fsp3) is 0. The number of fused-ring (bicyclic) bond motifs is 10. The Morgan fingerprint density at radius 2 is 0.857 bits per heavy atom. The van der Waals surface area contributed by atoms with Crippen LogP contribution in [-0.2, 0) is 0 Å². The summed E-state index contributed by atoms with van der Waals surface area (Å²) in [7, 11) is 0. The van der Waals surface area contributed by atoms with E-state index in [1.807, 2.05) is 0 Å². The standard InChI is InChI=1S/C48H31N/c1-3-13-32(14-4-1)35-18-11-19-36(29-35)38-26-28-45-44(31-38)47-46-40-22-8-7-17-34(40)25-27-42(46)41-23-9-10-24-43(41)48(47)49(45)39-21-12-20-37(30-39)33-15-5-2-6-16-33/h1-31H. The highest BCUT2D eigenvalue weighted by Gasteiger charge is 2.21. The minimum Gasteiger partial charge on any atom is -0.309 e. The first kappa shape index (κ1) is 27.7. The molecule has 0 aliphatic heterocycles. The van der Waals surface area contributed by atoms with Crippen molar-refractivity contribution in [2.24, 2.45) is 0 Å². The topological polar surface area (TPSA) is 4.93 Å². The number of hydrogen-bond donors (Lipinski definition) is 0. The van der Waals surface area contributed by atoms with Gasteiger partial charge in [0.15, 0.2) is 0 Å². The van der Waals surface area contributed by atoms with Crippen LogP contribution in [0.25, 0.3) is 93.2 Å². The van der Waals surface area contributed by atoms with Crippen LogP contribution in [0.2, 0.25) is 0 Å². The van der Waals surface area contributed by atoms with Crippen LogP contribution in [0, 0.1) is 0 Å². The van der Waals surface area contributed by atoms with Gasteiger partial charge in [0.05, 0.1) is 11.0 Å². The summed E-state index contributed by atoms with van der Waals surface area (Å²) in [5.41, 5.74) is 10.9. The van der Waals surface area contributed by atoms with Crippen LogP contribution in [0.5, 0.6) is 0 Å². The third kappa shape index (κ3) is 4.40. The monoisotopic (exact) mass is 621 g/mol. The summed E-state index contributed by atoms with van der Waals surface area (Å²) in [6, 6.07) is 68.7. The first-order valence-corrected chi connectivity index (χ1v) is 16.9. The molecule has 0 N–H and O–H groups in total. The molecule has 0 fully saturated rings. The molecule has 1 nitrogen and oxygen atoms in total. The van der Waals surface area contributed by atoms with E-state index in [2.05, 4.69) is 193 Å². The molecule has 1 heterocycles. The Labute approximate surface area is 284 Å². The molecule has 9 aromatic carbocycles. The zero-order valence-electron chi connectivity index (χ0n) is 26.8. The van der Waals surface area contributed by atoms with E-state index in [0.29, 0.717) is 0 Å². The van der Waals surface area contributed by atoms with Crippen LogP contribution in [0.3, 0.4) is 0 Å². The van der Waals surface area contributed by atoms with Gasteiger partial charge in [-0.3, -0.25) is 0 Å². The van der Waals surface area contributed by atoms with Gasteiger partial charge in [0.2, 0.25) is 0 Å². The van der Waals surface area contributed by atoms with Crippen molar-refractivity contribution in [2.75, 3.05) is 0 Å². The Morgan fingerprint density at radius 3 is 1.61 bits per heavy atom. The summed E-state index contributed by atoms with van der Waals surface area (Å²) in [6.07, 6.45) is 0. The fourth-order valence-electron chi connectivity index (χ4n) is 7.90. The average molecular weight is 622 g/mol. The van der Waals surface area contributed by atoms with E-state index < -0.39 is 0 Å². The smallest absolute Gasteiger partial charge is 0.0626 e. The van der Waals surface area contributed by atoms with Crippen molar-refractivity contribution in [3.63, 3.8) is 0 Å². The molecule has 0 spiro atoms. The zero-order valence-corrected chi connectivity index (χ0v) is 26.8. The molecule has 1 aromatic heterocycles. The lowest BCUT2D eigenvalue weighted by Crippen LogP contribution is -1.95. The fourth-order valence-corrected chi connectivity index (χ4v) is 7.90. The van der Waals surface area contributed by atoms with Gasteiger partial charge >= 0.3 is 0 Å². The molecular formula is C48H31N. The van der Waals surface area contributed by atoms with Crippen molar-refractivity contribution in [3.05, 3.63) is 188 Å². The van der Waals surface area contributed by atoms with Crippen LogP contribution in [0.4, 0.5) is 0 Å². The van der Waals surface area contributed by atoms with E-state index in [-0.39, 0.29) is 0 Å². The second kappa shape index (κ2) is 11.1. The highest BCUT2D eigenvalue weighted by molar-refractivity contribution is 6.37. The number of aromatic nitrogens is 1. The Morgan fingerprint density at radius 1 is 0.286 bits per heavy atom. The minimum atomic E-state index is 1.16. The number of hydrogen-bond acceptors (Lipinski definition) is 0. The van der Waals surface area contributed by atoms with Gasteiger partial charge in [-0.15, -0.1) is 0 Å². The molecule has 228 valence electrons. The Hall–Kier alpha value is -6.44. The molecule has 10 rings (SSSR count). The summed E-state index contributed by atoms with van der Waals surface area (Å²) in [4.78, 5) is 0. The molecule has 0 aliphatic rings. The van der Waals surface area contributed by atoms with Crippen molar-refractivity contribution >= 4 is 54.1 Å². The van der Waals surface area contributed by atoms with E-state index in [9.17, 15) is 0 Å². The zero-order chi connectivity index (χ0) is 32.3. The largest absolute Gasteiger partial charge is 0.309 e. The summed E-state index contributed by atoms with van der Waals surface area (Å²) >= 11 is 0. The number of benzene rings is 9. The van der Waals surface area contributed by atoms with Crippen LogP contribution in [0.15, 0.2) is 188 Å². The first-order valence-electron chi connectivity index (χ1n) is 16.9. The van der Waals surface area contributed by atoms with Crippen molar-refractivity contribution in [1.29, 1.82) is 0 Å². The molecule has 0 bridgehead atoms. The van der Waals surface area contributed by atoms with E-state index in [1.54, 1.807) is 0 Å². The van der Waals surface area contributed by atoms with Crippen LogP contribution in [-0.4, -0.2) is 4.57 Å². The molecule has 0 aliphatic carbocycles. The molecular weight excluding hydrogens is 591 g/mol. The lowest BCUT2D eigenvalue weighted by molar-refractivity contribution is 1.19. The van der Waals surface area contributed by atoms with Crippen molar-refractivity contribution in [3.8, 4) is 39.1 Å². The summed E-state index contributed by atoms with van der Waals surface area (Å²) in [6.45, 7) is 0. The first-order chi connectivity index (χ1) is 24.3. The highest BCUT2D eigenvalue weighted by Crippen LogP contribution is 2.46. The third-order valence-corrected chi connectivity index (χ3v) is 10.1. The van der Waals surface area contributed by atoms with E-state index in [4.69, 9.17) is 0 Å². The van der Waals surface area contributed by atoms with Gasteiger partial charge in [-0.05, 0) is 85.3 Å². The second-order valence-electron chi connectivity index (χ2n) is 12.9. The molecule has 0 saturated heterocycles. The van der Waals surface area contributed by atoms with Gasteiger partial charge in [0, 0.05) is 27.2 Å². The highest BCUT2D eigenvalue weighted by atomic mass is 15.0. The predicted octanol–water partition coefficient (Wildman–Crippen LogP) is 13.2. The van der Waals surface area contributed by atoms with Gasteiger partial charge in [0.25, 0.3) is 0 Å². The molecule has 0 radical (unpaired) electrons. The number of nitrogens with zero attached hydrogens (tertiary/aromatic N) is 1. The molecule has 1 heteroatoms. The Balaban J connectivity index is 1.35. The minimum absolute atomic E-state index is 1.16. The van der Waals surface area contributed by atoms with Gasteiger partial charge in [-0.25, -0.2) is 0 Å². The molecule has 0 unspecified atom stereocenters. The summed E-state index contributed by atoms with van der Waals surface area (Å²) < 4.78 is 2.50. The Bertz CT molecular complexity index is 2860. The maximum atomic E-state index is 2.50. The normalized spacial score (nSPS) is 11.7. The number of rotatable bonds is 4. The lowest BCUT2D eigenvalue weighted by atomic mass is 9.92. The maximum absolute atomic E-state index is 2.50. The maximum Gasteiger partial charge on any atom is 0.0626 e. The van der Waals surface area contributed by atoms with Gasteiger partial charge < -0.3 is 4.57 Å². The SMILES string of the molecule is c1ccc(-c2cccc(-c3ccc4c(c3)c3c5c6ccccc6ccc5c5ccccc5c3n4-c3cccc(-c4ccccc4)c3)c2)cc1. The van der Waals surface area contributed by atoms with Crippen LogP contribution < -0.4 is 0 Å². The summed E-state index contributed by atoms with van der Waals surface area (Å²) in [5.74, 6) is 0. The quantitative estimate of drug-likeness (QED) is 0.172. The van der Waals surface area contributed by atoms with Gasteiger partial charge in [0.1, 0.15) is 0 Å². The van der Waals surface area contributed by atoms with E-state index in [1.165, 1.54) is 87.5 Å². The summed E-state index contributed by atoms with van der Waals surface area (Å²) in [5, 5.41) is 10.2. The third-order valence-electron chi connectivity index (χ3n) is 10.1. The van der Waals surface area contributed by atoms with Crippen molar-refractivity contribution in [2.45, 2.75) is 0 Å². The van der Waals surface area contributed by atoms with Crippen LogP contribution >= 0.6 is 0 Å². The van der Waals surface area contributed by atoms with Gasteiger partial charge in [-0.2, -0.15) is 0 Å². The Kier molecular flexibility index (Phi) is 6.25. The molecule has 0 atom stereocenters. The molecule has 49 heavy (non-hydrogen) atoms. The van der Waals surface area contributed by atoms with Crippen molar-refractivity contribution < 1.29 is 0 Å². The van der Waals surface area contributed by atoms with Gasteiger partial charge in [-0.1, -0.05) is 158 Å². The average Bonchev–Trinajstić information content (AvgIpc) is 3.53. The van der Waals surface area contributed by atoms with Crippen LogP contribution in [0.1, 0.15) is 0 Å². The molecule has 0 amide bonds.